The Hall–Kier alpha value is -0.780. The van der Waals surface area contributed by atoms with E-state index in [1.165, 1.54) is 9.13 Å². The van der Waals surface area contributed by atoms with Crippen LogP contribution < -0.4 is 4.90 Å². The number of nitrogens with zero attached hydrogens (tertiary/aromatic N) is 1. The summed E-state index contributed by atoms with van der Waals surface area (Å²) in [5, 5.41) is 0. The van der Waals surface area contributed by atoms with Gasteiger partial charge in [-0.25, -0.2) is 4.79 Å². The summed E-state index contributed by atoms with van der Waals surface area (Å²) in [7, 11) is 0. The summed E-state index contributed by atoms with van der Waals surface area (Å²) in [6, 6.07) is 6.14. The van der Waals surface area contributed by atoms with Crippen molar-refractivity contribution in [1.82, 2.24) is 0 Å². The molecule has 1 aliphatic heterocycles. The van der Waals surface area contributed by atoms with Crippen LogP contribution in [0.3, 0.4) is 0 Å². The fourth-order valence-corrected chi connectivity index (χ4v) is 2.43. The number of hydrogen-bond acceptors (Lipinski definition) is 2. The van der Waals surface area contributed by atoms with Crippen molar-refractivity contribution in [3.05, 3.63) is 27.3 Å². The van der Waals surface area contributed by atoms with E-state index in [1.807, 2.05) is 32.9 Å². The predicted octanol–water partition coefficient (Wildman–Crippen LogP) is 3.59. The second-order valence-electron chi connectivity index (χ2n) is 5.16. The highest BCUT2D eigenvalue weighted by molar-refractivity contribution is 14.1. The van der Waals surface area contributed by atoms with Crippen LogP contribution in [-0.2, 0) is 11.2 Å². The Bertz CT molecular complexity index is 451. The van der Waals surface area contributed by atoms with Crippen LogP contribution in [-0.4, -0.2) is 18.2 Å². The molecule has 17 heavy (non-hydrogen) atoms. The minimum absolute atomic E-state index is 0.252. The number of ether oxygens (including phenoxy) is 1. The summed E-state index contributed by atoms with van der Waals surface area (Å²) < 4.78 is 6.60. The van der Waals surface area contributed by atoms with Gasteiger partial charge < -0.3 is 4.74 Å². The molecule has 0 aromatic heterocycles. The largest absolute Gasteiger partial charge is 0.443 e. The number of carbonyl (C=O) groups is 1. The Kier molecular flexibility index (Phi) is 3.34. The third kappa shape index (κ3) is 2.91. The van der Waals surface area contributed by atoms with Crippen molar-refractivity contribution in [1.29, 1.82) is 0 Å². The summed E-state index contributed by atoms with van der Waals surface area (Å²) in [6.07, 6.45) is 0.656. The molecule has 0 atom stereocenters. The predicted molar refractivity (Wildman–Crippen MR) is 76.4 cm³/mol. The van der Waals surface area contributed by atoms with Gasteiger partial charge in [-0.15, -0.1) is 0 Å². The van der Waals surface area contributed by atoms with E-state index >= 15 is 0 Å². The van der Waals surface area contributed by atoms with Gasteiger partial charge in [0.1, 0.15) is 5.60 Å². The molecule has 0 saturated heterocycles. The first-order valence-corrected chi connectivity index (χ1v) is 6.74. The quantitative estimate of drug-likeness (QED) is 0.673. The molecule has 1 heterocycles. The SMILES string of the molecule is CC(C)(C)OC(=O)N1CCc2cc(I)ccc21. The second-order valence-corrected chi connectivity index (χ2v) is 6.40. The second kappa shape index (κ2) is 4.48. The van der Waals surface area contributed by atoms with Gasteiger partial charge in [0.25, 0.3) is 0 Å². The fraction of sp³-hybridized carbons (Fsp3) is 0.462. The Morgan fingerprint density at radius 3 is 2.76 bits per heavy atom. The first-order chi connectivity index (χ1) is 7.87. The average Bonchev–Trinajstić information content (AvgIpc) is 2.57. The first-order valence-electron chi connectivity index (χ1n) is 5.66. The lowest BCUT2D eigenvalue weighted by molar-refractivity contribution is 0.0584. The zero-order valence-electron chi connectivity index (χ0n) is 10.3. The van der Waals surface area contributed by atoms with Gasteiger partial charge in [-0.05, 0) is 73.5 Å². The molecular weight excluding hydrogens is 329 g/mol. The van der Waals surface area contributed by atoms with Crippen LogP contribution in [0, 0.1) is 3.57 Å². The summed E-state index contributed by atoms with van der Waals surface area (Å²) in [6.45, 7) is 6.37. The third-order valence-electron chi connectivity index (χ3n) is 2.55. The molecule has 3 nitrogen and oxygen atoms in total. The maximum Gasteiger partial charge on any atom is 0.414 e. The highest BCUT2D eigenvalue weighted by Gasteiger charge is 2.28. The van der Waals surface area contributed by atoms with Crippen LogP contribution in [0.1, 0.15) is 26.3 Å². The number of benzene rings is 1. The van der Waals surface area contributed by atoms with Crippen molar-refractivity contribution in [2.45, 2.75) is 32.8 Å². The number of halogens is 1. The van der Waals surface area contributed by atoms with Gasteiger partial charge in [0.2, 0.25) is 0 Å². The van der Waals surface area contributed by atoms with Crippen LogP contribution in [0.25, 0.3) is 0 Å². The highest BCUT2D eigenvalue weighted by Crippen LogP contribution is 2.30. The Morgan fingerprint density at radius 2 is 2.12 bits per heavy atom. The zero-order valence-corrected chi connectivity index (χ0v) is 12.4. The number of fused-ring (bicyclic) bond motifs is 1. The lowest BCUT2D eigenvalue weighted by Gasteiger charge is -2.24. The van der Waals surface area contributed by atoms with Gasteiger partial charge in [0, 0.05) is 10.1 Å². The number of anilines is 1. The van der Waals surface area contributed by atoms with Crippen molar-refractivity contribution < 1.29 is 9.53 Å². The standard InChI is InChI=1S/C13H16INO2/c1-13(2,3)17-12(16)15-7-6-9-8-10(14)4-5-11(9)15/h4-5,8H,6-7H2,1-3H3. The van der Waals surface area contributed by atoms with E-state index in [0.29, 0.717) is 6.54 Å². The summed E-state index contributed by atoms with van der Waals surface area (Å²) >= 11 is 2.29. The minimum atomic E-state index is -0.441. The van der Waals surface area contributed by atoms with Crippen LogP contribution in [0.2, 0.25) is 0 Å². The molecule has 0 bridgehead atoms. The molecule has 1 aliphatic rings. The molecule has 0 unspecified atom stereocenters. The lowest BCUT2D eigenvalue weighted by Crippen LogP contribution is -2.35. The molecule has 1 amide bonds. The molecule has 4 heteroatoms. The molecule has 0 aliphatic carbocycles. The molecule has 1 aromatic carbocycles. The maximum absolute atomic E-state index is 12.0. The first kappa shape index (κ1) is 12.7. The lowest BCUT2D eigenvalue weighted by atomic mass is 10.2. The van der Waals surface area contributed by atoms with Gasteiger partial charge in [-0.2, -0.15) is 0 Å². The van der Waals surface area contributed by atoms with E-state index in [9.17, 15) is 4.79 Å². The number of hydrogen-bond donors (Lipinski definition) is 0. The number of amides is 1. The van der Waals surface area contributed by atoms with Crippen LogP contribution in [0.15, 0.2) is 18.2 Å². The maximum atomic E-state index is 12.0. The van der Waals surface area contributed by atoms with Crippen molar-refractivity contribution in [3.63, 3.8) is 0 Å². The van der Waals surface area contributed by atoms with Gasteiger partial charge in [0.05, 0.1) is 5.69 Å². The summed E-state index contributed by atoms with van der Waals surface area (Å²) in [5.74, 6) is 0. The molecule has 1 aromatic rings. The van der Waals surface area contributed by atoms with Crippen LogP contribution in [0.5, 0.6) is 0 Å². The van der Waals surface area contributed by atoms with E-state index in [-0.39, 0.29) is 6.09 Å². The van der Waals surface area contributed by atoms with Gasteiger partial charge >= 0.3 is 6.09 Å². The Balaban J connectivity index is 2.20. The van der Waals surface area contributed by atoms with E-state index in [0.717, 1.165) is 12.1 Å². The number of rotatable bonds is 0. The molecule has 2 rings (SSSR count). The van der Waals surface area contributed by atoms with E-state index in [4.69, 9.17) is 4.74 Å². The van der Waals surface area contributed by atoms with Crippen molar-refractivity contribution in [2.75, 3.05) is 11.4 Å². The van der Waals surface area contributed by atoms with Crippen molar-refractivity contribution in [2.24, 2.45) is 0 Å². The Morgan fingerprint density at radius 1 is 1.41 bits per heavy atom. The smallest absolute Gasteiger partial charge is 0.414 e. The molecule has 92 valence electrons. The molecule has 0 radical (unpaired) electrons. The third-order valence-corrected chi connectivity index (χ3v) is 3.22. The Labute approximate surface area is 115 Å². The molecule has 0 saturated carbocycles. The van der Waals surface area contributed by atoms with E-state index < -0.39 is 5.60 Å². The van der Waals surface area contributed by atoms with E-state index in [2.05, 4.69) is 28.7 Å². The van der Waals surface area contributed by atoms with Crippen molar-refractivity contribution >= 4 is 34.4 Å². The summed E-state index contributed by atoms with van der Waals surface area (Å²) in [5.41, 5.74) is 1.77. The fourth-order valence-electron chi connectivity index (χ4n) is 1.88. The number of carbonyl (C=O) groups excluding carboxylic acids is 1. The summed E-state index contributed by atoms with van der Waals surface area (Å²) in [4.78, 5) is 13.7. The van der Waals surface area contributed by atoms with Crippen LogP contribution >= 0.6 is 22.6 Å². The van der Waals surface area contributed by atoms with Crippen molar-refractivity contribution in [3.8, 4) is 0 Å². The molecule has 0 fully saturated rings. The van der Waals surface area contributed by atoms with Gasteiger partial charge in [0.15, 0.2) is 0 Å². The molecule has 0 N–H and O–H groups in total. The van der Waals surface area contributed by atoms with E-state index in [1.54, 1.807) is 4.90 Å². The normalized spacial score (nSPS) is 14.7. The highest BCUT2D eigenvalue weighted by atomic mass is 127. The van der Waals surface area contributed by atoms with Gasteiger partial charge in [-0.3, -0.25) is 4.90 Å². The molecular formula is C13H16INO2. The molecule has 0 spiro atoms. The minimum Gasteiger partial charge on any atom is -0.443 e. The zero-order chi connectivity index (χ0) is 12.6. The average molecular weight is 345 g/mol. The van der Waals surface area contributed by atoms with Crippen LogP contribution in [0.4, 0.5) is 10.5 Å². The monoisotopic (exact) mass is 345 g/mol. The van der Waals surface area contributed by atoms with Gasteiger partial charge in [-0.1, -0.05) is 0 Å². The topological polar surface area (TPSA) is 29.5 Å².